The summed E-state index contributed by atoms with van der Waals surface area (Å²) in [6.07, 6.45) is 2.88. The molecule has 39 heavy (non-hydrogen) atoms. The van der Waals surface area contributed by atoms with E-state index >= 15 is 0 Å². The lowest BCUT2D eigenvalue weighted by molar-refractivity contribution is -0.685. The summed E-state index contributed by atoms with van der Waals surface area (Å²) in [4.78, 5) is 27.1. The van der Waals surface area contributed by atoms with Gasteiger partial charge in [0.15, 0.2) is 6.54 Å². The van der Waals surface area contributed by atoms with E-state index in [2.05, 4.69) is 29.4 Å². The Morgan fingerprint density at radius 2 is 2.03 bits per heavy atom. The van der Waals surface area contributed by atoms with E-state index in [-0.39, 0.29) is 11.9 Å². The number of anilines is 2. The molecule has 0 aliphatic carbocycles. The number of carbonyl (C=O) groups excluding carboxylic acids is 2. The van der Waals surface area contributed by atoms with Crippen molar-refractivity contribution in [2.24, 2.45) is 5.92 Å². The summed E-state index contributed by atoms with van der Waals surface area (Å²) in [6.45, 7) is 9.58. The number of aryl methyl sites for hydroxylation is 3. The average Bonchev–Trinajstić information content (AvgIpc) is 3.22. The van der Waals surface area contributed by atoms with Crippen LogP contribution in [0.15, 0.2) is 34.7 Å². The zero-order valence-corrected chi connectivity index (χ0v) is 24.3. The quantitative estimate of drug-likeness (QED) is 0.181. The van der Waals surface area contributed by atoms with E-state index in [1.165, 1.54) is 11.3 Å². The molecule has 0 saturated heterocycles. The summed E-state index contributed by atoms with van der Waals surface area (Å²) >= 11 is 6.27. The van der Waals surface area contributed by atoms with Gasteiger partial charge in [-0.25, -0.2) is 4.79 Å². The van der Waals surface area contributed by atoms with E-state index in [1.807, 2.05) is 44.4 Å². The Hall–Kier alpha value is -3.26. The van der Waals surface area contributed by atoms with E-state index in [4.69, 9.17) is 25.5 Å². The standard InChI is InChI=1S/C30H38ClN3O5/c1-6-19(2)29(35)37-14-8-13-34-26-18-23(31)10-11-27(26)39-28(34)16-21(4)38-30(36)32-24-17-22-9-7-12-33(5)25(22)15-20(24)3/h10-11,15,17-19,21H,6-9,12-14,16H2,1-5H3/p+1. The van der Waals surface area contributed by atoms with Gasteiger partial charge in [0, 0.05) is 42.5 Å². The minimum atomic E-state index is -0.502. The molecule has 0 saturated carbocycles. The third-order valence-electron chi connectivity index (χ3n) is 7.31. The molecule has 2 heterocycles. The molecule has 0 radical (unpaired) electrons. The Kier molecular flexibility index (Phi) is 9.38. The molecule has 9 heteroatoms. The van der Waals surface area contributed by atoms with Crippen LogP contribution in [0.4, 0.5) is 16.2 Å². The summed E-state index contributed by atoms with van der Waals surface area (Å²) in [5.74, 6) is 0.364. The Balaban J connectivity index is 1.41. The third-order valence-corrected chi connectivity index (χ3v) is 7.54. The predicted octanol–water partition coefficient (Wildman–Crippen LogP) is 6.22. The van der Waals surface area contributed by atoms with Crippen LogP contribution in [0.1, 0.15) is 57.1 Å². The molecular weight excluding hydrogens is 518 g/mol. The zero-order chi connectivity index (χ0) is 28.1. The van der Waals surface area contributed by atoms with Gasteiger partial charge < -0.3 is 18.8 Å². The molecule has 1 amide bonds. The molecule has 0 spiro atoms. The Morgan fingerprint density at radius 3 is 2.79 bits per heavy atom. The van der Waals surface area contributed by atoms with Crippen molar-refractivity contribution in [1.29, 1.82) is 0 Å². The second-order valence-electron chi connectivity index (χ2n) is 10.5. The second-order valence-corrected chi connectivity index (χ2v) is 10.9. The summed E-state index contributed by atoms with van der Waals surface area (Å²) in [7, 11) is 2.10. The maximum Gasteiger partial charge on any atom is 0.411 e. The summed E-state index contributed by atoms with van der Waals surface area (Å²) in [5, 5.41) is 3.52. The minimum absolute atomic E-state index is 0.114. The Bertz CT molecular complexity index is 1340. The predicted molar refractivity (Wildman–Crippen MR) is 152 cm³/mol. The summed E-state index contributed by atoms with van der Waals surface area (Å²) in [5.41, 5.74) is 5.74. The van der Waals surface area contributed by atoms with Crippen LogP contribution in [0.5, 0.6) is 0 Å². The lowest BCUT2D eigenvalue weighted by atomic mass is 9.99. The maximum atomic E-state index is 12.8. The third kappa shape index (κ3) is 7.04. The van der Waals surface area contributed by atoms with Crippen molar-refractivity contribution in [2.45, 2.75) is 72.4 Å². The number of esters is 1. The van der Waals surface area contributed by atoms with E-state index < -0.39 is 12.2 Å². The fourth-order valence-corrected chi connectivity index (χ4v) is 5.04. The number of halogens is 1. The molecule has 1 aromatic heterocycles. The van der Waals surface area contributed by atoms with Crippen molar-refractivity contribution < 1.29 is 28.0 Å². The fourth-order valence-electron chi connectivity index (χ4n) is 4.87. The van der Waals surface area contributed by atoms with Gasteiger partial charge in [0.05, 0.1) is 12.5 Å². The summed E-state index contributed by atoms with van der Waals surface area (Å²) < 4.78 is 19.3. The normalized spacial score (nSPS) is 14.6. The van der Waals surface area contributed by atoms with Crippen molar-refractivity contribution in [3.8, 4) is 0 Å². The fraction of sp³-hybridized carbons (Fsp3) is 0.500. The molecule has 0 fully saturated rings. The first-order valence-corrected chi connectivity index (χ1v) is 14.1. The topological polar surface area (TPSA) is 84.9 Å². The monoisotopic (exact) mass is 556 g/mol. The molecule has 0 bridgehead atoms. The highest BCUT2D eigenvalue weighted by Gasteiger charge is 2.26. The summed E-state index contributed by atoms with van der Waals surface area (Å²) in [6, 6.07) is 9.63. The number of rotatable bonds is 10. The van der Waals surface area contributed by atoms with Gasteiger partial charge in [0.2, 0.25) is 5.58 Å². The first-order chi connectivity index (χ1) is 18.7. The van der Waals surface area contributed by atoms with Gasteiger partial charge in [-0.2, -0.15) is 4.57 Å². The molecule has 8 nitrogen and oxygen atoms in total. The average molecular weight is 557 g/mol. The maximum absolute atomic E-state index is 12.8. The minimum Gasteiger partial charge on any atom is -0.465 e. The lowest BCUT2D eigenvalue weighted by Crippen LogP contribution is -2.39. The van der Waals surface area contributed by atoms with Crippen molar-refractivity contribution in [3.05, 3.63) is 52.4 Å². The van der Waals surface area contributed by atoms with Gasteiger partial charge >= 0.3 is 18.0 Å². The molecule has 1 N–H and O–H groups in total. The number of carbonyl (C=O) groups is 2. The zero-order valence-electron chi connectivity index (χ0n) is 23.5. The second kappa shape index (κ2) is 12.7. The Labute approximate surface area is 235 Å². The first-order valence-electron chi connectivity index (χ1n) is 13.8. The van der Waals surface area contributed by atoms with Crippen LogP contribution in [0.2, 0.25) is 5.02 Å². The number of nitrogens with zero attached hydrogens (tertiary/aromatic N) is 2. The van der Waals surface area contributed by atoms with Crippen LogP contribution < -0.4 is 14.8 Å². The van der Waals surface area contributed by atoms with Gasteiger partial charge in [-0.3, -0.25) is 10.1 Å². The van der Waals surface area contributed by atoms with Crippen LogP contribution in [-0.2, 0) is 33.7 Å². The van der Waals surface area contributed by atoms with Crippen molar-refractivity contribution in [3.63, 3.8) is 0 Å². The van der Waals surface area contributed by atoms with Crippen LogP contribution in [-0.4, -0.2) is 38.4 Å². The van der Waals surface area contributed by atoms with Crippen LogP contribution in [0.3, 0.4) is 0 Å². The van der Waals surface area contributed by atoms with Crippen molar-refractivity contribution >= 4 is 46.1 Å². The van der Waals surface area contributed by atoms with Crippen LogP contribution in [0.25, 0.3) is 11.1 Å². The SMILES string of the molecule is CCC(C)C(=O)OCCC[n+]1c(CC(C)OC(=O)Nc2cc3c(cc2C)N(C)CCC3)oc2ccc(Cl)cc21. The number of aromatic nitrogens is 1. The van der Waals surface area contributed by atoms with Crippen LogP contribution in [0, 0.1) is 12.8 Å². The first kappa shape index (κ1) is 28.7. The number of benzene rings is 2. The van der Waals surface area contributed by atoms with Gasteiger partial charge in [-0.15, -0.1) is 0 Å². The molecule has 2 unspecified atom stereocenters. The number of oxazole rings is 1. The molecule has 2 atom stereocenters. The molecule has 1 aliphatic rings. The highest BCUT2D eigenvalue weighted by atomic mass is 35.5. The van der Waals surface area contributed by atoms with Crippen molar-refractivity contribution in [2.75, 3.05) is 30.4 Å². The highest BCUT2D eigenvalue weighted by molar-refractivity contribution is 6.31. The number of hydrogen-bond donors (Lipinski definition) is 1. The van der Waals surface area contributed by atoms with E-state index in [0.717, 1.165) is 42.6 Å². The molecule has 4 rings (SSSR count). The number of hydrogen-bond acceptors (Lipinski definition) is 6. The Morgan fingerprint density at radius 1 is 1.23 bits per heavy atom. The van der Waals surface area contributed by atoms with Gasteiger partial charge in [-0.05, 0) is 68.5 Å². The molecule has 2 aromatic carbocycles. The molecule has 210 valence electrons. The molecule has 3 aromatic rings. The van der Waals surface area contributed by atoms with Crippen molar-refractivity contribution in [1.82, 2.24) is 0 Å². The van der Waals surface area contributed by atoms with Gasteiger partial charge in [-0.1, -0.05) is 25.4 Å². The van der Waals surface area contributed by atoms with E-state index in [0.29, 0.717) is 42.5 Å². The van der Waals surface area contributed by atoms with E-state index in [1.54, 1.807) is 6.07 Å². The highest BCUT2D eigenvalue weighted by Crippen LogP contribution is 2.31. The van der Waals surface area contributed by atoms with E-state index in [9.17, 15) is 9.59 Å². The molecule has 1 aliphatic heterocycles. The smallest absolute Gasteiger partial charge is 0.411 e. The number of fused-ring (bicyclic) bond motifs is 2. The molecular formula is C30H39ClN3O5+. The number of nitrogens with one attached hydrogen (secondary N) is 1. The van der Waals surface area contributed by atoms with Gasteiger partial charge in [0.1, 0.15) is 12.5 Å². The van der Waals surface area contributed by atoms with Crippen LogP contribution >= 0.6 is 11.6 Å². The number of amides is 1. The lowest BCUT2D eigenvalue weighted by Gasteiger charge is -2.28. The van der Waals surface area contributed by atoms with Gasteiger partial charge in [0.25, 0.3) is 5.52 Å². The number of ether oxygens (including phenoxy) is 2. The largest absolute Gasteiger partial charge is 0.465 e.